The number of piperidine rings is 1. The minimum Gasteiger partial charge on any atom is -0.475 e. The van der Waals surface area contributed by atoms with Crippen molar-refractivity contribution in [3.63, 3.8) is 0 Å². The van der Waals surface area contributed by atoms with Crippen LogP contribution in [0.5, 0.6) is 0 Å². The number of halogens is 3. The van der Waals surface area contributed by atoms with E-state index in [0.29, 0.717) is 17.5 Å². The van der Waals surface area contributed by atoms with E-state index >= 15 is 0 Å². The van der Waals surface area contributed by atoms with Crippen molar-refractivity contribution in [1.29, 1.82) is 0 Å². The summed E-state index contributed by atoms with van der Waals surface area (Å²) in [7, 11) is 0. The predicted molar refractivity (Wildman–Crippen MR) is 102 cm³/mol. The zero-order chi connectivity index (χ0) is 21.7. The van der Waals surface area contributed by atoms with Crippen LogP contribution in [0.1, 0.15) is 16.9 Å². The average molecular weight is 422 g/mol. The summed E-state index contributed by atoms with van der Waals surface area (Å²) < 4.78 is 31.7. The maximum atomic E-state index is 12.6. The second kappa shape index (κ2) is 9.10. The number of nitrogens with zero attached hydrogens (tertiary/aromatic N) is 4. The van der Waals surface area contributed by atoms with E-state index in [9.17, 15) is 18.0 Å². The Bertz CT molecular complexity index is 865. The Kier molecular flexibility index (Phi) is 6.53. The number of aliphatic carboxylic acids is 1. The third-order valence-electron chi connectivity index (χ3n) is 5.23. The highest BCUT2D eigenvalue weighted by atomic mass is 19.4. The second-order valence-electron chi connectivity index (χ2n) is 7.19. The molecule has 2 saturated heterocycles. The third kappa shape index (κ3) is 5.25. The van der Waals surface area contributed by atoms with Gasteiger partial charge in [-0.1, -0.05) is 6.07 Å². The molecular weight excluding hydrogens is 401 g/mol. The summed E-state index contributed by atoms with van der Waals surface area (Å²) in [5.41, 5.74) is 1.73. The van der Waals surface area contributed by atoms with Gasteiger partial charge < -0.3 is 14.9 Å². The lowest BCUT2D eigenvalue weighted by Crippen LogP contribution is -2.40. The molecule has 2 aliphatic rings. The largest absolute Gasteiger partial charge is 0.490 e. The van der Waals surface area contributed by atoms with Crippen LogP contribution in [0.3, 0.4) is 0 Å². The monoisotopic (exact) mass is 422 g/mol. The maximum Gasteiger partial charge on any atom is 0.490 e. The Morgan fingerprint density at radius 1 is 1.03 bits per heavy atom. The molecule has 0 saturated carbocycles. The molecule has 2 fully saturated rings. The number of carboxylic acid groups (broad SMARTS) is 1. The van der Waals surface area contributed by atoms with Gasteiger partial charge in [0.25, 0.3) is 5.91 Å². The topological polar surface area (TPSA) is 86.6 Å². The maximum absolute atomic E-state index is 12.6. The quantitative estimate of drug-likeness (QED) is 0.801. The van der Waals surface area contributed by atoms with Crippen molar-refractivity contribution in [2.45, 2.75) is 12.6 Å². The summed E-state index contributed by atoms with van der Waals surface area (Å²) in [5.74, 6) is -1.55. The van der Waals surface area contributed by atoms with Gasteiger partial charge in [-0.3, -0.25) is 14.8 Å². The molecule has 0 spiro atoms. The Balaban J connectivity index is 0.000000318. The van der Waals surface area contributed by atoms with Crippen LogP contribution < -0.4 is 4.90 Å². The van der Waals surface area contributed by atoms with E-state index in [-0.39, 0.29) is 5.91 Å². The Labute approximate surface area is 171 Å². The average Bonchev–Trinajstić information content (AvgIpc) is 3.17. The summed E-state index contributed by atoms with van der Waals surface area (Å²) in [6, 6.07) is 9.60. The fraction of sp³-hybridized carbons (Fsp3) is 0.400. The Hall–Kier alpha value is -3.17. The first-order valence-corrected chi connectivity index (χ1v) is 9.41. The molecule has 4 heterocycles. The van der Waals surface area contributed by atoms with Crippen LogP contribution in [0.4, 0.5) is 18.9 Å². The summed E-state index contributed by atoms with van der Waals surface area (Å²) in [5, 5.41) is 7.12. The minimum absolute atomic E-state index is 0.0629. The number of aromatic nitrogens is 2. The molecule has 2 aromatic rings. The molecule has 2 aliphatic heterocycles. The van der Waals surface area contributed by atoms with E-state index in [1.807, 2.05) is 29.3 Å². The standard InChI is InChI=1S/C18H20N4O.C2HF3O2/c23-18(17-5-1-2-8-20-17)22-11-14-6-9-21(12-15(14)13-22)16-4-3-7-19-10-16;3-2(4,5)1(6)7/h1-5,7-8,10,14-15H,6,9,11-13H2;(H,6,7)/t14-,15+;/m0./s1. The summed E-state index contributed by atoms with van der Waals surface area (Å²) in [6.07, 6.45) is 1.46. The van der Waals surface area contributed by atoms with E-state index in [1.54, 1.807) is 18.5 Å². The van der Waals surface area contributed by atoms with Crippen molar-refractivity contribution in [1.82, 2.24) is 14.9 Å². The molecular formula is C20H21F3N4O3. The lowest BCUT2D eigenvalue weighted by Gasteiger charge is -2.35. The number of carbonyl (C=O) groups excluding carboxylic acids is 1. The van der Waals surface area contributed by atoms with E-state index in [4.69, 9.17) is 9.90 Å². The fourth-order valence-electron chi connectivity index (χ4n) is 3.76. The van der Waals surface area contributed by atoms with E-state index in [2.05, 4.69) is 20.9 Å². The van der Waals surface area contributed by atoms with Crippen molar-refractivity contribution in [3.8, 4) is 0 Å². The molecule has 30 heavy (non-hydrogen) atoms. The second-order valence-corrected chi connectivity index (χ2v) is 7.19. The first-order valence-electron chi connectivity index (χ1n) is 9.41. The molecule has 0 aliphatic carbocycles. The smallest absolute Gasteiger partial charge is 0.475 e. The lowest BCUT2D eigenvalue weighted by molar-refractivity contribution is -0.192. The van der Waals surface area contributed by atoms with Crippen molar-refractivity contribution in [3.05, 3.63) is 54.6 Å². The van der Waals surface area contributed by atoms with Crippen molar-refractivity contribution in [2.24, 2.45) is 11.8 Å². The molecule has 10 heteroatoms. The van der Waals surface area contributed by atoms with Gasteiger partial charge in [0.1, 0.15) is 5.69 Å². The highest BCUT2D eigenvalue weighted by Crippen LogP contribution is 2.33. The molecule has 7 nitrogen and oxygen atoms in total. The number of carbonyl (C=O) groups is 2. The van der Waals surface area contributed by atoms with E-state index in [0.717, 1.165) is 32.6 Å². The van der Waals surface area contributed by atoms with Crippen molar-refractivity contribution < 1.29 is 27.9 Å². The zero-order valence-electron chi connectivity index (χ0n) is 16.0. The minimum atomic E-state index is -5.08. The SMILES string of the molecule is O=C(O)C(F)(F)F.O=C(c1ccccn1)N1C[C@@H]2CCN(c3cccnc3)C[C@@H]2C1. The van der Waals surface area contributed by atoms with Gasteiger partial charge in [-0.25, -0.2) is 4.79 Å². The Morgan fingerprint density at radius 3 is 2.37 bits per heavy atom. The number of amides is 1. The number of hydrogen-bond acceptors (Lipinski definition) is 5. The normalized spacial score (nSPS) is 20.8. The van der Waals surface area contributed by atoms with Gasteiger partial charge in [0.15, 0.2) is 0 Å². The number of fused-ring (bicyclic) bond motifs is 1. The van der Waals surface area contributed by atoms with Gasteiger partial charge in [0, 0.05) is 38.6 Å². The number of anilines is 1. The van der Waals surface area contributed by atoms with E-state index < -0.39 is 12.1 Å². The molecule has 2 aromatic heterocycles. The number of alkyl halides is 3. The van der Waals surface area contributed by atoms with Crippen LogP contribution in [0.2, 0.25) is 0 Å². The zero-order valence-corrected chi connectivity index (χ0v) is 16.0. The molecule has 0 aromatic carbocycles. The first kappa shape index (κ1) is 21.5. The lowest BCUT2D eigenvalue weighted by atomic mass is 9.88. The van der Waals surface area contributed by atoms with Crippen LogP contribution in [0, 0.1) is 11.8 Å². The molecule has 1 N–H and O–H groups in total. The van der Waals surface area contributed by atoms with Crippen LogP contribution >= 0.6 is 0 Å². The number of pyridine rings is 2. The molecule has 0 radical (unpaired) electrons. The van der Waals surface area contributed by atoms with Crippen molar-refractivity contribution >= 4 is 17.6 Å². The predicted octanol–water partition coefficient (Wildman–Crippen LogP) is 2.71. The third-order valence-corrected chi connectivity index (χ3v) is 5.23. The van der Waals surface area contributed by atoms with Crippen LogP contribution in [0.25, 0.3) is 0 Å². The molecule has 1 amide bonds. The van der Waals surface area contributed by atoms with Gasteiger partial charge in [-0.05, 0) is 42.5 Å². The van der Waals surface area contributed by atoms with Gasteiger partial charge >= 0.3 is 12.1 Å². The number of hydrogen-bond donors (Lipinski definition) is 1. The van der Waals surface area contributed by atoms with Gasteiger partial charge in [-0.2, -0.15) is 13.2 Å². The fourth-order valence-corrected chi connectivity index (χ4v) is 3.76. The van der Waals surface area contributed by atoms with Crippen LogP contribution in [-0.4, -0.2) is 64.2 Å². The number of rotatable bonds is 2. The van der Waals surface area contributed by atoms with Gasteiger partial charge in [-0.15, -0.1) is 0 Å². The first-order chi connectivity index (χ1) is 14.3. The highest BCUT2D eigenvalue weighted by molar-refractivity contribution is 5.92. The molecule has 160 valence electrons. The van der Waals surface area contributed by atoms with Crippen LogP contribution in [-0.2, 0) is 4.79 Å². The molecule has 4 rings (SSSR count). The van der Waals surface area contributed by atoms with E-state index in [1.165, 1.54) is 5.69 Å². The molecule has 0 bridgehead atoms. The summed E-state index contributed by atoms with van der Waals surface area (Å²) in [4.78, 5) is 34.3. The molecule has 0 unspecified atom stereocenters. The number of carboxylic acids is 1. The van der Waals surface area contributed by atoms with Crippen molar-refractivity contribution in [2.75, 3.05) is 31.1 Å². The van der Waals surface area contributed by atoms with Gasteiger partial charge in [0.2, 0.25) is 0 Å². The van der Waals surface area contributed by atoms with Gasteiger partial charge in [0.05, 0.1) is 11.9 Å². The highest BCUT2D eigenvalue weighted by Gasteiger charge is 2.39. The summed E-state index contributed by atoms with van der Waals surface area (Å²) >= 11 is 0. The van der Waals surface area contributed by atoms with Crippen LogP contribution in [0.15, 0.2) is 48.9 Å². The number of likely N-dealkylation sites (tertiary alicyclic amines) is 1. The summed E-state index contributed by atoms with van der Waals surface area (Å²) in [6.45, 7) is 3.73. The molecule has 2 atom stereocenters. The Morgan fingerprint density at radius 2 is 1.77 bits per heavy atom.